The number of non-ortho nitro benzene ring substituents is 1. The Morgan fingerprint density at radius 1 is 1.17 bits per heavy atom. The number of carbonyl (C=O) groups excluding carboxylic acids is 3. The quantitative estimate of drug-likeness (QED) is 0.376. The lowest BCUT2D eigenvalue weighted by Crippen LogP contribution is -2.21. The molecule has 0 aliphatic carbocycles. The average molecular weight is 328 g/mol. The molecule has 2 aromatic rings. The summed E-state index contributed by atoms with van der Waals surface area (Å²) < 4.78 is 4.84. The maximum atomic E-state index is 11.8. The number of nitro groups is 1. The SMILES string of the molecule is O=Cc1ccc(C(=O)OCC(=O)Nc2cccc([N+](=O)[O-])c2)cc1. The first-order valence-electron chi connectivity index (χ1n) is 6.76. The maximum Gasteiger partial charge on any atom is 0.338 e. The van der Waals surface area contributed by atoms with Crippen molar-refractivity contribution in [2.45, 2.75) is 0 Å². The molecule has 0 unspecified atom stereocenters. The van der Waals surface area contributed by atoms with Gasteiger partial charge in [-0.25, -0.2) is 4.79 Å². The molecule has 0 heterocycles. The van der Waals surface area contributed by atoms with E-state index in [-0.39, 0.29) is 16.9 Å². The molecule has 0 saturated heterocycles. The Morgan fingerprint density at radius 3 is 2.50 bits per heavy atom. The minimum Gasteiger partial charge on any atom is -0.452 e. The monoisotopic (exact) mass is 328 g/mol. The fraction of sp³-hybridized carbons (Fsp3) is 0.0625. The van der Waals surface area contributed by atoms with Crippen molar-refractivity contribution >= 4 is 29.5 Å². The fourth-order valence-corrected chi connectivity index (χ4v) is 1.81. The number of nitrogens with zero attached hydrogens (tertiary/aromatic N) is 1. The summed E-state index contributed by atoms with van der Waals surface area (Å²) in [6.45, 7) is -0.545. The summed E-state index contributed by atoms with van der Waals surface area (Å²) in [6.07, 6.45) is 0.640. The number of ether oxygens (including phenoxy) is 1. The van der Waals surface area contributed by atoms with Gasteiger partial charge in [0.2, 0.25) is 0 Å². The molecule has 2 rings (SSSR count). The summed E-state index contributed by atoms with van der Waals surface area (Å²) in [5, 5.41) is 13.1. The molecule has 0 spiro atoms. The van der Waals surface area contributed by atoms with E-state index < -0.39 is 23.4 Å². The second kappa shape index (κ2) is 7.63. The van der Waals surface area contributed by atoms with Gasteiger partial charge in [0, 0.05) is 23.4 Å². The van der Waals surface area contributed by atoms with Gasteiger partial charge in [-0.15, -0.1) is 0 Å². The van der Waals surface area contributed by atoms with E-state index >= 15 is 0 Å². The third-order valence-corrected chi connectivity index (χ3v) is 2.96. The van der Waals surface area contributed by atoms with Crippen LogP contribution in [0.2, 0.25) is 0 Å². The minimum absolute atomic E-state index is 0.167. The van der Waals surface area contributed by atoms with Gasteiger partial charge in [0.05, 0.1) is 10.5 Å². The zero-order valence-electron chi connectivity index (χ0n) is 12.3. The molecular weight excluding hydrogens is 316 g/mol. The molecule has 0 aliphatic rings. The summed E-state index contributed by atoms with van der Waals surface area (Å²) in [7, 11) is 0. The number of carbonyl (C=O) groups is 3. The van der Waals surface area contributed by atoms with E-state index in [1.54, 1.807) is 0 Å². The molecule has 0 aromatic heterocycles. The second-order valence-corrected chi connectivity index (χ2v) is 4.67. The van der Waals surface area contributed by atoms with E-state index in [0.29, 0.717) is 11.8 Å². The van der Waals surface area contributed by atoms with Gasteiger partial charge < -0.3 is 10.1 Å². The van der Waals surface area contributed by atoms with Gasteiger partial charge in [-0.05, 0) is 18.2 Å². The van der Waals surface area contributed by atoms with Crippen molar-refractivity contribution in [1.29, 1.82) is 0 Å². The molecule has 0 bridgehead atoms. The third-order valence-electron chi connectivity index (χ3n) is 2.96. The summed E-state index contributed by atoms with van der Waals surface area (Å²) in [4.78, 5) is 44.1. The number of benzene rings is 2. The highest BCUT2D eigenvalue weighted by Crippen LogP contribution is 2.16. The summed E-state index contributed by atoms with van der Waals surface area (Å²) in [5.74, 6) is -1.35. The number of nitrogens with one attached hydrogen (secondary N) is 1. The van der Waals surface area contributed by atoms with Crippen molar-refractivity contribution in [2.24, 2.45) is 0 Å². The molecule has 0 atom stereocenters. The molecule has 0 saturated carbocycles. The standard InChI is InChI=1S/C16H12N2O6/c19-9-11-4-6-12(7-5-11)16(21)24-10-15(20)17-13-2-1-3-14(8-13)18(22)23/h1-9H,10H2,(H,17,20). The van der Waals surface area contributed by atoms with Gasteiger partial charge in [-0.3, -0.25) is 19.7 Å². The number of esters is 1. The van der Waals surface area contributed by atoms with Gasteiger partial charge in [0.15, 0.2) is 6.61 Å². The topological polar surface area (TPSA) is 116 Å². The van der Waals surface area contributed by atoms with E-state index in [1.807, 2.05) is 0 Å². The Hall–Kier alpha value is -3.55. The predicted octanol–water partition coefficient (Wildman–Crippen LogP) is 2.20. The van der Waals surface area contributed by atoms with Crippen molar-refractivity contribution in [3.8, 4) is 0 Å². The van der Waals surface area contributed by atoms with Crippen LogP contribution in [0.3, 0.4) is 0 Å². The lowest BCUT2D eigenvalue weighted by molar-refractivity contribution is -0.384. The zero-order valence-corrected chi connectivity index (χ0v) is 12.3. The highest BCUT2D eigenvalue weighted by molar-refractivity contribution is 5.95. The highest BCUT2D eigenvalue weighted by Gasteiger charge is 2.12. The summed E-state index contributed by atoms with van der Waals surface area (Å²) >= 11 is 0. The summed E-state index contributed by atoms with van der Waals surface area (Å²) in [6, 6.07) is 11.1. The molecule has 1 amide bonds. The van der Waals surface area contributed by atoms with Crippen molar-refractivity contribution in [2.75, 3.05) is 11.9 Å². The summed E-state index contributed by atoms with van der Waals surface area (Å²) in [5.41, 5.74) is 0.666. The van der Waals surface area contributed by atoms with Crippen LogP contribution in [-0.4, -0.2) is 29.7 Å². The lowest BCUT2D eigenvalue weighted by Gasteiger charge is -2.06. The fourth-order valence-electron chi connectivity index (χ4n) is 1.81. The van der Waals surface area contributed by atoms with Crippen LogP contribution in [0.4, 0.5) is 11.4 Å². The van der Waals surface area contributed by atoms with Crippen LogP contribution in [0.1, 0.15) is 20.7 Å². The Morgan fingerprint density at radius 2 is 1.88 bits per heavy atom. The van der Waals surface area contributed by atoms with Gasteiger partial charge in [-0.2, -0.15) is 0 Å². The molecule has 24 heavy (non-hydrogen) atoms. The van der Waals surface area contributed by atoms with Gasteiger partial charge in [-0.1, -0.05) is 18.2 Å². The molecule has 0 aliphatic heterocycles. The van der Waals surface area contributed by atoms with Crippen LogP contribution < -0.4 is 5.32 Å². The molecular formula is C16H12N2O6. The van der Waals surface area contributed by atoms with E-state index in [0.717, 1.165) is 0 Å². The lowest BCUT2D eigenvalue weighted by atomic mass is 10.1. The van der Waals surface area contributed by atoms with Gasteiger partial charge in [0.25, 0.3) is 11.6 Å². The van der Waals surface area contributed by atoms with Crippen LogP contribution in [0.25, 0.3) is 0 Å². The van der Waals surface area contributed by atoms with Crippen LogP contribution >= 0.6 is 0 Å². The third kappa shape index (κ3) is 4.47. The predicted molar refractivity (Wildman–Crippen MR) is 83.8 cm³/mol. The number of amides is 1. The first kappa shape index (κ1) is 16.8. The molecule has 8 nitrogen and oxygen atoms in total. The van der Waals surface area contributed by atoms with Gasteiger partial charge >= 0.3 is 5.97 Å². The normalized spacial score (nSPS) is 9.83. The number of aldehydes is 1. The highest BCUT2D eigenvalue weighted by atomic mass is 16.6. The van der Waals surface area contributed by atoms with Crippen molar-refractivity contribution in [3.63, 3.8) is 0 Å². The maximum absolute atomic E-state index is 11.8. The first-order chi connectivity index (χ1) is 11.5. The number of hydrogen-bond acceptors (Lipinski definition) is 6. The minimum atomic E-state index is -0.721. The Bertz CT molecular complexity index is 785. The van der Waals surface area contributed by atoms with Crippen LogP contribution in [0.15, 0.2) is 48.5 Å². The molecule has 0 radical (unpaired) electrons. The number of hydrogen-bond donors (Lipinski definition) is 1. The Kier molecular flexibility index (Phi) is 5.35. The first-order valence-corrected chi connectivity index (χ1v) is 6.76. The number of nitro benzene ring substituents is 1. The number of anilines is 1. The van der Waals surface area contributed by atoms with E-state index in [9.17, 15) is 24.5 Å². The van der Waals surface area contributed by atoms with Gasteiger partial charge in [0.1, 0.15) is 6.29 Å². The zero-order chi connectivity index (χ0) is 17.5. The van der Waals surface area contributed by atoms with E-state index in [4.69, 9.17) is 4.74 Å². The Balaban J connectivity index is 1.90. The van der Waals surface area contributed by atoms with Crippen LogP contribution in [0, 0.1) is 10.1 Å². The largest absolute Gasteiger partial charge is 0.452 e. The molecule has 8 heteroatoms. The van der Waals surface area contributed by atoms with Crippen molar-refractivity contribution < 1.29 is 24.0 Å². The Labute approximate surface area is 136 Å². The molecule has 0 fully saturated rings. The van der Waals surface area contributed by atoms with E-state index in [1.165, 1.54) is 48.5 Å². The van der Waals surface area contributed by atoms with E-state index in [2.05, 4.69) is 5.32 Å². The smallest absolute Gasteiger partial charge is 0.338 e. The number of rotatable bonds is 6. The molecule has 122 valence electrons. The van der Waals surface area contributed by atoms with Crippen molar-refractivity contribution in [1.82, 2.24) is 0 Å². The molecule has 1 N–H and O–H groups in total. The second-order valence-electron chi connectivity index (χ2n) is 4.67. The van der Waals surface area contributed by atoms with Crippen LogP contribution in [-0.2, 0) is 9.53 Å². The average Bonchev–Trinajstić information content (AvgIpc) is 2.60. The van der Waals surface area contributed by atoms with Crippen molar-refractivity contribution in [3.05, 3.63) is 69.8 Å². The molecule has 2 aromatic carbocycles. The van der Waals surface area contributed by atoms with Crippen LogP contribution in [0.5, 0.6) is 0 Å².